The van der Waals surface area contributed by atoms with Gasteiger partial charge in [-0.2, -0.15) is 0 Å². The van der Waals surface area contributed by atoms with Gasteiger partial charge in [0.1, 0.15) is 5.69 Å². The molecule has 0 spiro atoms. The van der Waals surface area contributed by atoms with E-state index >= 15 is 0 Å². The molecule has 0 saturated carbocycles. The van der Waals surface area contributed by atoms with E-state index in [2.05, 4.69) is 4.98 Å². The van der Waals surface area contributed by atoms with Gasteiger partial charge in [-0.3, -0.25) is 4.79 Å². The summed E-state index contributed by atoms with van der Waals surface area (Å²) in [7, 11) is 0. The second-order valence-electron chi connectivity index (χ2n) is 3.45. The number of carbonyl (C=O) groups excluding carboxylic acids is 1. The van der Waals surface area contributed by atoms with Crippen LogP contribution in [0.2, 0.25) is 0 Å². The van der Waals surface area contributed by atoms with E-state index in [1.54, 1.807) is 0 Å². The van der Waals surface area contributed by atoms with E-state index < -0.39 is 5.97 Å². The quantitative estimate of drug-likeness (QED) is 0.735. The van der Waals surface area contributed by atoms with Crippen molar-refractivity contribution >= 4 is 11.8 Å². The maximum absolute atomic E-state index is 11.3. The van der Waals surface area contributed by atoms with Gasteiger partial charge in [-0.05, 0) is 0 Å². The molecule has 0 amide bonds. The zero-order valence-electron chi connectivity index (χ0n) is 8.70. The van der Waals surface area contributed by atoms with Crippen molar-refractivity contribution in [3.8, 4) is 11.5 Å². The van der Waals surface area contributed by atoms with Crippen LogP contribution in [-0.4, -0.2) is 35.1 Å². The highest BCUT2D eigenvalue weighted by Crippen LogP contribution is 2.37. The number of H-pyrrole nitrogens is 1. The molecule has 0 aliphatic carbocycles. The number of carboxylic acid groups (broad SMARTS) is 1. The summed E-state index contributed by atoms with van der Waals surface area (Å²) in [6.45, 7) is 2.12. The van der Waals surface area contributed by atoms with Crippen LogP contribution in [-0.2, 0) is 0 Å². The van der Waals surface area contributed by atoms with Gasteiger partial charge in [0.15, 0.2) is 23.0 Å². The minimum Gasteiger partial charge on any atom is -0.487 e. The molecule has 6 nitrogen and oxygen atoms in total. The van der Waals surface area contributed by atoms with E-state index in [4.69, 9.17) is 14.6 Å². The first-order valence-corrected chi connectivity index (χ1v) is 4.87. The summed E-state index contributed by atoms with van der Waals surface area (Å²) in [5, 5.41) is 8.95. The van der Waals surface area contributed by atoms with Gasteiger partial charge in [0, 0.05) is 13.3 Å². The van der Waals surface area contributed by atoms with Crippen molar-refractivity contribution in [2.75, 3.05) is 13.2 Å². The summed E-state index contributed by atoms with van der Waals surface area (Å²) >= 11 is 0. The van der Waals surface area contributed by atoms with Gasteiger partial charge in [0.25, 0.3) is 0 Å². The molecule has 0 radical (unpaired) electrons. The fraction of sp³-hybridized carbons (Fsp3) is 0.400. The molecule has 1 aliphatic heterocycles. The highest BCUT2D eigenvalue weighted by molar-refractivity contribution is 6.00. The predicted octanol–water partition coefficient (Wildman–Crippen LogP) is 1.08. The van der Waals surface area contributed by atoms with Crippen LogP contribution in [0.15, 0.2) is 0 Å². The van der Waals surface area contributed by atoms with E-state index in [9.17, 15) is 9.59 Å². The third kappa shape index (κ3) is 1.62. The molecule has 0 unspecified atom stereocenters. The fourth-order valence-corrected chi connectivity index (χ4v) is 1.55. The Morgan fingerprint density at radius 3 is 2.25 bits per heavy atom. The highest BCUT2D eigenvalue weighted by Gasteiger charge is 2.28. The Balaban J connectivity index is 2.57. The SMILES string of the molecule is CC(=O)c1[nH]c(C(=O)O)c2c1OCCCO2. The van der Waals surface area contributed by atoms with Gasteiger partial charge < -0.3 is 19.6 Å². The lowest BCUT2D eigenvalue weighted by Crippen LogP contribution is -2.04. The minimum atomic E-state index is -1.17. The topological polar surface area (TPSA) is 88.6 Å². The van der Waals surface area contributed by atoms with Crippen molar-refractivity contribution in [2.24, 2.45) is 0 Å². The van der Waals surface area contributed by atoms with Crippen LogP contribution >= 0.6 is 0 Å². The normalized spacial score (nSPS) is 14.3. The number of ether oxygens (including phenoxy) is 2. The van der Waals surface area contributed by atoms with Gasteiger partial charge in [-0.15, -0.1) is 0 Å². The van der Waals surface area contributed by atoms with Gasteiger partial charge in [0.2, 0.25) is 0 Å². The van der Waals surface area contributed by atoms with Crippen LogP contribution in [0.4, 0.5) is 0 Å². The Kier molecular flexibility index (Phi) is 2.55. The van der Waals surface area contributed by atoms with Crippen LogP contribution in [0.1, 0.15) is 34.3 Å². The molecule has 16 heavy (non-hydrogen) atoms. The van der Waals surface area contributed by atoms with E-state index in [0.29, 0.717) is 19.6 Å². The van der Waals surface area contributed by atoms with Crippen LogP contribution < -0.4 is 9.47 Å². The van der Waals surface area contributed by atoms with E-state index in [1.165, 1.54) is 6.92 Å². The zero-order chi connectivity index (χ0) is 11.7. The number of carboxylic acids is 1. The number of nitrogens with one attached hydrogen (secondary N) is 1. The van der Waals surface area contributed by atoms with E-state index in [1.807, 2.05) is 0 Å². The molecule has 2 rings (SSSR count). The highest BCUT2D eigenvalue weighted by atomic mass is 16.5. The molecule has 1 aromatic rings. The molecule has 1 aliphatic rings. The maximum Gasteiger partial charge on any atom is 0.356 e. The lowest BCUT2D eigenvalue weighted by molar-refractivity contribution is 0.0686. The lowest BCUT2D eigenvalue weighted by Gasteiger charge is -2.02. The number of hydrogen-bond donors (Lipinski definition) is 2. The number of fused-ring (bicyclic) bond motifs is 1. The van der Waals surface area contributed by atoms with Crippen LogP contribution in [0, 0.1) is 0 Å². The minimum absolute atomic E-state index is 0.121. The Morgan fingerprint density at radius 1 is 1.19 bits per heavy atom. The van der Waals surface area contributed by atoms with Crippen molar-refractivity contribution in [2.45, 2.75) is 13.3 Å². The first-order chi connectivity index (χ1) is 7.61. The molecular weight excluding hydrogens is 214 g/mol. The number of hydrogen-bond acceptors (Lipinski definition) is 4. The molecular formula is C10H11NO5. The zero-order valence-corrected chi connectivity index (χ0v) is 8.70. The molecule has 0 bridgehead atoms. The van der Waals surface area contributed by atoms with Gasteiger partial charge in [0.05, 0.1) is 13.2 Å². The molecule has 0 saturated heterocycles. The van der Waals surface area contributed by atoms with Crippen molar-refractivity contribution in [1.29, 1.82) is 0 Å². The van der Waals surface area contributed by atoms with Gasteiger partial charge in [-0.25, -0.2) is 4.79 Å². The third-order valence-corrected chi connectivity index (χ3v) is 2.26. The maximum atomic E-state index is 11.3. The number of aromatic carboxylic acids is 1. The standard InChI is InChI=1S/C10H11NO5/c1-5(12)6-8-9(7(11-6)10(13)14)16-4-2-3-15-8/h11H,2-4H2,1H3,(H,13,14). The fourth-order valence-electron chi connectivity index (χ4n) is 1.55. The molecule has 0 aromatic carbocycles. The van der Waals surface area contributed by atoms with Crippen molar-refractivity contribution in [3.05, 3.63) is 11.4 Å². The molecule has 0 fully saturated rings. The molecule has 0 atom stereocenters. The number of aromatic nitrogens is 1. The summed E-state index contributed by atoms with van der Waals surface area (Å²) in [5.74, 6) is -1.12. The average Bonchev–Trinajstić information content (AvgIpc) is 2.41. The average molecular weight is 225 g/mol. The number of rotatable bonds is 2. The smallest absolute Gasteiger partial charge is 0.356 e. The van der Waals surface area contributed by atoms with Gasteiger partial charge >= 0.3 is 5.97 Å². The molecule has 2 heterocycles. The summed E-state index contributed by atoms with van der Waals surface area (Å²) < 4.78 is 10.6. The number of aromatic amines is 1. The Bertz CT molecular complexity index is 410. The lowest BCUT2D eigenvalue weighted by atomic mass is 10.3. The third-order valence-electron chi connectivity index (χ3n) is 2.26. The summed E-state index contributed by atoms with van der Waals surface area (Å²) in [5.41, 5.74) is 0.0106. The molecule has 6 heteroatoms. The number of ketones is 1. The second-order valence-corrected chi connectivity index (χ2v) is 3.45. The largest absolute Gasteiger partial charge is 0.487 e. The van der Waals surface area contributed by atoms with Crippen LogP contribution in [0.5, 0.6) is 11.5 Å². The number of Topliss-reactive ketones (excluding diaryl/α,β-unsaturated/α-hetero) is 1. The van der Waals surface area contributed by atoms with Crippen molar-refractivity contribution in [3.63, 3.8) is 0 Å². The summed E-state index contributed by atoms with van der Waals surface area (Å²) in [6, 6.07) is 0. The Hall–Kier alpha value is -1.98. The summed E-state index contributed by atoms with van der Waals surface area (Å²) in [6.07, 6.45) is 0.658. The molecule has 86 valence electrons. The number of carbonyl (C=O) groups is 2. The first-order valence-electron chi connectivity index (χ1n) is 4.87. The second kappa shape index (κ2) is 3.88. The van der Waals surface area contributed by atoms with Crippen LogP contribution in [0.25, 0.3) is 0 Å². The Morgan fingerprint density at radius 2 is 1.75 bits per heavy atom. The van der Waals surface area contributed by atoms with E-state index in [-0.39, 0.29) is 28.7 Å². The molecule has 1 aromatic heterocycles. The molecule has 2 N–H and O–H groups in total. The van der Waals surface area contributed by atoms with Gasteiger partial charge in [-0.1, -0.05) is 0 Å². The van der Waals surface area contributed by atoms with Crippen molar-refractivity contribution in [1.82, 2.24) is 4.98 Å². The monoisotopic (exact) mass is 225 g/mol. The van der Waals surface area contributed by atoms with Crippen molar-refractivity contribution < 1.29 is 24.2 Å². The van der Waals surface area contributed by atoms with Crippen LogP contribution in [0.3, 0.4) is 0 Å². The van der Waals surface area contributed by atoms with E-state index in [0.717, 1.165) is 0 Å². The Labute approximate surface area is 91.2 Å². The first kappa shape index (κ1) is 10.5. The summed E-state index contributed by atoms with van der Waals surface area (Å²) in [4.78, 5) is 24.8. The predicted molar refractivity (Wildman–Crippen MR) is 53.4 cm³/mol.